The smallest absolute Gasteiger partial charge is 0.262 e. The van der Waals surface area contributed by atoms with E-state index in [2.05, 4.69) is 5.32 Å². The SMILES string of the molecule is COc1ccc(-c2oc3cc(C)c(C)cc3c(=O)c2OCC(=O)Nc2ccc(F)cc2)cc1. The van der Waals surface area contributed by atoms with Crippen LogP contribution in [0.15, 0.2) is 69.9 Å². The Balaban J connectivity index is 1.71. The van der Waals surface area contributed by atoms with Gasteiger partial charge in [-0.2, -0.15) is 0 Å². The van der Waals surface area contributed by atoms with E-state index >= 15 is 0 Å². The quantitative estimate of drug-likeness (QED) is 0.437. The van der Waals surface area contributed by atoms with Gasteiger partial charge in [0.15, 0.2) is 12.4 Å². The van der Waals surface area contributed by atoms with Crippen LogP contribution in [0.4, 0.5) is 10.1 Å². The monoisotopic (exact) mass is 447 g/mol. The average Bonchev–Trinajstić information content (AvgIpc) is 2.81. The van der Waals surface area contributed by atoms with E-state index in [9.17, 15) is 14.0 Å². The van der Waals surface area contributed by atoms with Gasteiger partial charge in [-0.15, -0.1) is 0 Å². The molecule has 0 radical (unpaired) electrons. The number of aryl methyl sites for hydroxylation is 2. The highest BCUT2D eigenvalue weighted by Gasteiger charge is 2.20. The van der Waals surface area contributed by atoms with Crippen LogP contribution in [0.25, 0.3) is 22.3 Å². The molecule has 4 rings (SSSR count). The van der Waals surface area contributed by atoms with Gasteiger partial charge >= 0.3 is 0 Å². The van der Waals surface area contributed by atoms with Gasteiger partial charge in [0.2, 0.25) is 11.2 Å². The molecule has 1 amide bonds. The number of amides is 1. The molecule has 0 saturated heterocycles. The summed E-state index contributed by atoms with van der Waals surface area (Å²) in [6.07, 6.45) is 0. The van der Waals surface area contributed by atoms with Crippen LogP contribution in [0.1, 0.15) is 11.1 Å². The predicted octanol–water partition coefficient (Wildman–Crippen LogP) is 5.24. The summed E-state index contributed by atoms with van der Waals surface area (Å²) in [5, 5.41) is 2.97. The van der Waals surface area contributed by atoms with Crippen molar-refractivity contribution in [2.75, 3.05) is 19.0 Å². The highest BCUT2D eigenvalue weighted by molar-refractivity contribution is 5.92. The molecule has 1 aromatic heterocycles. The maximum atomic E-state index is 13.3. The third-order valence-corrected chi connectivity index (χ3v) is 5.29. The normalized spacial score (nSPS) is 10.8. The summed E-state index contributed by atoms with van der Waals surface area (Å²) in [5.41, 5.74) is 2.99. The van der Waals surface area contributed by atoms with Crippen molar-refractivity contribution < 1.29 is 23.1 Å². The number of ether oxygens (including phenoxy) is 2. The average molecular weight is 447 g/mol. The van der Waals surface area contributed by atoms with E-state index in [1.807, 2.05) is 19.9 Å². The van der Waals surface area contributed by atoms with Crippen LogP contribution in [0.2, 0.25) is 0 Å². The lowest BCUT2D eigenvalue weighted by Crippen LogP contribution is -2.22. The highest BCUT2D eigenvalue weighted by atomic mass is 19.1. The molecule has 0 spiro atoms. The van der Waals surface area contributed by atoms with E-state index < -0.39 is 18.3 Å². The Hall–Kier alpha value is -4.13. The van der Waals surface area contributed by atoms with Crippen LogP contribution < -0.4 is 20.2 Å². The molecular formula is C26H22FNO5. The maximum Gasteiger partial charge on any atom is 0.262 e. The number of methoxy groups -OCH3 is 1. The predicted molar refractivity (Wildman–Crippen MR) is 124 cm³/mol. The van der Waals surface area contributed by atoms with E-state index in [4.69, 9.17) is 13.9 Å². The summed E-state index contributed by atoms with van der Waals surface area (Å²) < 4.78 is 30.1. The van der Waals surface area contributed by atoms with Gasteiger partial charge in [0.1, 0.15) is 17.1 Å². The van der Waals surface area contributed by atoms with E-state index in [-0.39, 0.29) is 16.9 Å². The van der Waals surface area contributed by atoms with Crippen LogP contribution in [0.5, 0.6) is 11.5 Å². The number of rotatable bonds is 6. The topological polar surface area (TPSA) is 77.8 Å². The third kappa shape index (κ3) is 4.72. The Bertz CT molecular complexity index is 1380. The van der Waals surface area contributed by atoms with E-state index in [0.717, 1.165) is 11.1 Å². The Morgan fingerprint density at radius 3 is 2.33 bits per heavy atom. The standard InChI is InChI=1S/C26H22FNO5/c1-15-12-21-22(13-16(15)2)33-25(17-4-10-20(31-3)11-5-17)26(24(21)30)32-14-23(29)28-19-8-6-18(27)7-9-19/h4-13H,14H2,1-3H3,(H,28,29). The summed E-state index contributed by atoms with van der Waals surface area (Å²) in [4.78, 5) is 25.7. The molecular weight excluding hydrogens is 425 g/mol. The minimum atomic E-state index is -0.498. The lowest BCUT2D eigenvalue weighted by molar-refractivity contribution is -0.118. The van der Waals surface area contributed by atoms with E-state index in [1.165, 1.54) is 24.3 Å². The first-order valence-corrected chi connectivity index (χ1v) is 10.3. The second-order valence-corrected chi connectivity index (χ2v) is 7.59. The van der Waals surface area contributed by atoms with Crippen LogP contribution >= 0.6 is 0 Å². The molecule has 1 N–H and O–H groups in total. The summed E-state index contributed by atoms with van der Waals surface area (Å²) in [7, 11) is 1.56. The van der Waals surface area contributed by atoms with Gasteiger partial charge in [-0.1, -0.05) is 0 Å². The molecule has 0 fully saturated rings. The minimum Gasteiger partial charge on any atom is -0.497 e. The van der Waals surface area contributed by atoms with Crippen LogP contribution in [0, 0.1) is 19.7 Å². The molecule has 0 atom stereocenters. The Kier molecular flexibility index (Phi) is 6.13. The molecule has 0 aliphatic carbocycles. The Morgan fingerprint density at radius 2 is 1.67 bits per heavy atom. The number of hydrogen-bond donors (Lipinski definition) is 1. The molecule has 0 unspecified atom stereocenters. The first-order chi connectivity index (χ1) is 15.9. The van der Waals surface area contributed by atoms with Crippen molar-refractivity contribution in [3.8, 4) is 22.8 Å². The second kappa shape index (κ2) is 9.16. The summed E-state index contributed by atoms with van der Waals surface area (Å²) in [6, 6.07) is 15.9. The molecule has 168 valence electrons. The van der Waals surface area contributed by atoms with Crippen LogP contribution in [-0.4, -0.2) is 19.6 Å². The van der Waals surface area contributed by atoms with Gasteiger partial charge < -0.3 is 19.2 Å². The fraction of sp³-hybridized carbons (Fsp3) is 0.154. The number of hydrogen-bond acceptors (Lipinski definition) is 5. The molecule has 1 heterocycles. The summed E-state index contributed by atoms with van der Waals surface area (Å²) >= 11 is 0. The van der Waals surface area contributed by atoms with Crippen molar-refractivity contribution in [2.45, 2.75) is 13.8 Å². The van der Waals surface area contributed by atoms with Gasteiger partial charge in [0, 0.05) is 11.3 Å². The highest BCUT2D eigenvalue weighted by Crippen LogP contribution is 2.32. The molecule has 3 aromatic carbocycles. The fourth-order valence-corrected chi connectivity index (χ4v) is 3.36. The molecule has 33 heavy (non-hydrogen) atoms. The molecule has 6 nitrogen and oxygen atoms in total. The number of carbonyl (C=O) groups is 1. The van der Waals surface area contributed by atoms with Gasteiger partial charge in [0.25, 0.3) is 5.91 Å². The van der Waals surface area contributed by atoms with Crippen LogP contribution in [0.3, 0.4) is 0 Å². The zero-order chi connectivity index (χ0) is 23.5. The number of carbonyl (C=O) groups excluding carboxylic acids is 1. The summed E-state index contributed by atoms with van der Waals surface area (Å²) in [5.74, 6) is -0.109. The largest absolute Gasteiger partial charge is 0.497 e. The van der Waals surface area contributed by atoms with Gasteiger partial charge in [-0.3, -0.25) is 9.59 Å². The Labute approximate surface area is 189 Å². The number of nitrogens with one attached hydrogen (secondary N) is 1. The van der Waals surface area contributed by atoms with Gasteiger partial charge in [-0.25, -0.2) is 4.39 Å². The molecule has 7 heteroatoms. The lowest BCUT2D eigenvalue weighted by Gasteiger charge is -2.13. The number of benzene rings is 3. The molecule has 0 saturated carbocycles. The maximum absolute atomic E-state index is 13.3. The lowest BCUT2D eigenvalue weighted by atomic mass is 10.0. The zero-order valence-corrected chi connectivity index (χ0v) is 18.4. The van der Waals surface area contributed by atoms with E-state index in [1.54, 1.807) is 37.4 Å². The number of halogens is 1. The van der Waals surface area contributed by atoms with Crippen molar-refractivity contribution in [1.29, 1.82) is 0 Å². The van der Waals surface area contributed by atoms with Crippen molar-refractivity contribution in [3.63, 3.8) is 0 Å². The third-order valence-electron chi connectivity index (χ3n) is 5.29. The molecule has 0 aliphatic rings. The number of fused-ring (bicyclic) bond motifs is 1. The first kappa shape index (κ1) is 22.1. The van der Waals surface area contributed by atoms with Gasteiger partial charge in [-0.05, 0) is 85.6 Å². The number of anilines is 1. The van der Waals surface area contributed by atoms with Crippen molar-refractivity contribution in [1.82, 2.24) is 0 Å². The second-order valence-electron chi connectivity index (χ2n) is 7.59. The van der Waals surface area contributed by atoms with Crippen molar-refractivity contribution in [2.24, 2.45) is 0 Å². The van der Waals surface area contributed by atoms with Crippen molar-refractivity contribution >= 4 is 22.6 Å². The van der Waals surface area contributed by atoms with Gasteiger partial charge in [0.05, 0.1) is 12.5 Å². The zero-order valence-electron chi connectivity index (χ0n) is 18.4. The van der Waals surface area contributed by atoms with Crippen molar-refractivity contribution in [3.05, 3.63) is 87.8 Å². The van der Waals surface area contributed by atoms with E-state index in [0.29, 0.717) is 28.0 Å². The first-order valence-electron chi connectivity index (χ1n) is 10.3. The van der Waals surface area contributed by atoms with Crippen LogP contribution in [-0.2, 0) is 4.79 Å². The molecule has 0 aliphatic heterocycles. The molecule has 4 aromatic rings. The molecule has 0 bridgehead atoms. The minimum absolute atomic E-state index is 0.0647. The fourth-order valence-electron chi connectivity index (χ4n) is 3.36. The Morgan fingerprint density at radius 1 is 1.00 bits per heavy atom. The summed E-state index contributed by atoms with van der Waals surface area (Å²) in [6.45, 7) is 3.41.